The van der Waals surface area contributed by atoms with Gasteiger partial charge in [0.05, 0.1) is 0 Å². The number of imidazole rings is 1. The first-order chi connectivity index (χ1) is 9.88. The second-order valence-corrected chi connectivity index (χ2v) is 6.54. The van der Waals surface area contributed by atoms with Gasteiger partial charge in [-0.3, -0.25) is 0 Å². The molecule has 0 radical (unpaired) electrons. The summed E-state index contributed by atoms with van der Waals surface area (Å²) in [7, 11) is 1.98. The molecule has 0 aliphatic rings. The monoisotopic (exact) mass is 279 g/mol. The zero-order valence-electron chi connectivity index (χ0n) is 13.0. The number of nitrogens with zero attached hydrogens (tertiary/aromatic N) is 2. The Balaban J connectivity index is 2.19. The fraction of sp³-hybridized carbons (Fsp3) is 0.278. The van der Waals surface area contributed by atoms with Gasteiger partial charge >= 0.3 is 0 Å². The Labute approximate surface area is 125 Å². The Morgan fingerprint density at radius 2 is 1.67 bits per heavy atom. The lowest BCUT2D eigenvalue weighted by atomic mass is 9.96. The third-order valence-corrected chi connectivity index (χ3v) is 3.83. The van der Waals surface area contributed by atoms with E-state index in [-0.39, 0.29) is 5.41 Å². The zero-order valence-corrected chi connectivity index (χ0v) is 13.0. The molecule has 3 aromatic rings. The van der Waals surface area contributed by atoms with E-state index in [1.54, 1.807) is 0 Å². The average molecular weight is 279 g/mol. The molecule has 0 saturated heterocycles. The molecule has 3 heteroatoms. The predicted molar refractivity (Wildman–Crippen MR) is 89.3 cm³/mol. The van der Waals surface area contributed by atoms with Crippen molar-refractivity contribution in [2.45, 2.75) is 26.2 Å². The third-order valence-electron chi connectivity index (χ3n) is 3.83. The third kappa shape index (κ3) is 2.29. The number of anilines is 1. The summed E-state index contributed by atoms with van der Waals surface area (Å²) in [5.41, 5.74) is 8.18. The molecule has 0 fully saturated rings. The second-order valence-electron chi connectivity index (χ2n) is 6.54. The lowest BCUT2D eigenvalue weighted by Gasteiger charge is -2.17. The van der Waals surface area contributed by atoms with Gasteiger partial charge in [0.2, 0.25) is 0 Å². The van der Waals surface area contributed by atoms with E-state index in [0.717, 1.165) is 22.9 Å². The minimum absolute atomic E-state index is 0.0298. The van der Waals surface area contributed by atoms with Gasteiger partial charge in [0, 0.05) is 18.0 Å². The van der Waals surface area contributed by atoms with Crippen LogP contribution in [0.2, 0.25) is 0 Å². The summed E-state index contributed by atoms with van der Waals surface area (Å²) in [5.74, 6) is 1.72. The van der Waals surface area contributed by atoms with E-state index in [1.807, 2.05) is 11.6 Å². The van der Waals surface area contributed by atoms with Gasteiger partial charge in [-0.15, -0.1) is 0 Å². The van der Waals surface area contributed by atoms with Crippen LogP contribution in [-0.2, 0) is 12.5 Å². The summed E-state index contributed by atoms with van der Waals surface area (Å²) in [4.78, 5) is 4.80. The molecule has 3 rings (SSSR count). The Kier molecular flexibility index (Phi) is 3.01. The minimum atomic E-state index is -0.0298. The van der Waals surface area contributed by atoms with Gasteiger partial charge in [-0.2, -0.15) is 0 Å². The van der Waals surface area contributed by atoms with Gasteiger partial charge in [-0.1, -0.05) is 57.2 Å². The number of aromatic nitrogens is 2. The van der Waals surface area contributed by atoms with Crippen molar-refractivity contribution >= 4 is 16.6 Å². The minimum Gasteiger partial charge on any atom is -0.383 e. The summed E-state index contributed by atoms with van der Waals surface area (Å²) < 4.78 is 1.99. The van der Waals surface area contributed by atoms with Crippen LogP contribution in [-0.4, -0.2) is 9.55 Å². The normalized spacial score (nSPS) is 12.0. The van der Waals surface area contributed by atoms with E-state index < -0.39 is 0 Å². The first kappa shape index (κ1) is 13.7. The Morgan fingerprint density at radius 3 is 2.29 bits per heavy atom. The van der Waals surface area contributed by atoms with Gasteiger partial charge in [-0.05, 0) is 16.8 Å². The van der Waals surface area contributed by atoms with E-state index in [4.69, 9.17) is 10.7 Å². The highest BCUT2D eigenvalue weighted by Gasteiger charge is 2.23. The van der Waals surface area contributed by atoms with Crippen molar-refractivity contribution in [3.63, 3.8) is 0 Å². The number of nitrogen functional groups attached to an aromatic ring is 1. The largest absolute Gasteiger partial charge is 0.383 e. The lowest BCUT2D eigenvalue weighted by Crippen LogP contribution is -2.17. The quantitative estimate of drug-likeness (QED) is 0.728. The SMILES string of the molecule is Cn1c(C(C)(C)C)nc(-c2ccc3ccccc3c2)c1N. The zero-order chi connectivity index (χ0) is 15.2. The number of rotatable bonds is 1. The molecule has 0 saturated carbocycles. The highest BCUT2D eigenvalue weighted by atomic mass is 15.1. The van der Waals surface area contributed by atoms with Crippen LogP contribution < -0.4 is 5.73 Å². The maximum atomic E-state index is 6.28. The Morgan fingerprint density at radius 1 is 1.00 bits per heavy atom. The fourth-order valence-corrected chi connectivity index (χ4v) is 2.73. The summed E-state index contributed by atoms with van der Waals surface area (Å²) >= 11 is 0. The number of hydrogen-bond acceptors (Lipinski definition) is 2. The number of fused-ring (bicyclic) bond motifs is 1. The first-order valence-electron chi connectivity index (χ1n) is 7.20. The molecule has 0 bridgehead atoms. The van der Waals surface area contributed by atoms with Gasteiger partial charge < -0.3 is 10.3 Å². The van der Waals surface area contributed by atoms with Gasteiger partial charge in [0.15, 0.2) is 0 Å². The highest BCUT2D eigenvalue weighted by molar-refractivity contribution is 5.88. The molecule has 0 amide bonds. The van der Waals surface area contributed by atoms with Crippen LogP contribution in [0.3, 0.4) is 0 Å². The van der Waals surface area contributed by atoms with E-state index >= 15 is 0 Å². The van der Waals surface area contributed by atoms with E-state index in [9.17, 15) is 0 Å². The Hall–Kier alpha value is -2.29. The summed E-state index contributed by atoms with van der Waals surface area (Å²) in [6.45, 7) is 6.46. The average Bonchev–Trinajstić information content (AvgIpc) is 2.75. The van der Waals surface area contributed by atoms with Crippen molar-refractivity contribution in [2.24, 2.45) is 7.05 Å². The number of hydrogen-bond donors (Lipinski definition) is 1. The van der Waals surface area contributed by atoms with Crippen molar-refractivity contribution in [3.8, 4) is 11.3 Å². The molecule has 0 aliphatic carbocycles. The molecule has 21 heavy (non-hydrogen) atoms. The highest BCUT2D eigenvalue weighted by Crippen LogP contribution is 2.32. The van der Waals surface area contributed by atoms with Crippen molar-refractivity contribution in [1.82, 2.24) is 9.55 Å². The molecule has 108 valence electrons. The van der Waals surface area contributed by atoms with Crippen molar-refractivity contribution in [3.05, 3.63) is 48.3 Å². The second kappa shape index (κ2) is 4.62. The molecule has 0 aliphatic heterocycles. The van der Waals surface area contributed by atoms with E-state index in [2.05, 4.69) is 63.2 Å². The maximum Gasteiger partial charge on any atom is 0.131 e. The van der Waals surface area contributed by atoms with Gasteiger partial charge in [-0.25, -0.2) is 4.98 Å². The van der Waals surface area contributed by atoms with Crippen LogP contribution in [0.4, 0.5) is 5.82 Å². The smallest absolute Gasteiger partial charge is 0.131 e. The Bertz CT molecular complexity index is 807. The molecule has 0 atom stereocenters. The topological polar surface area (TPSA) is 43.8 Å². The molecular weight excluding hydrogens is 258 g/mol. The molecule has 0 spiro atoms. The predicted octanol–water partition coefficient (Wildman–Crippen LogP) is 4.12. The summed E-state index contributed by atoms with van der Waals surface area (Å²) in [5, 5.41) is 2.43. The van der Waals surface area contributed by atoms with Crippen LogP contribution in [0.15, 0.2) is 42.5 Å². The fourth-order valence-electron chi connectivity index (χ4n) is 2.73. The molecule has 3 nitrogen and oxygen atoms in total. The van der Waals surface area contributed by atoms with Gasteiger partial charge in [0.25, 0.3) is 0 Å². The maximum absolute atomic E-state index is 6.28. The van der Waals surface area contributed by atoms with E-state index in [1.165, 1.54) is 10.8 Å². The standard InChI is InChI=1S/C18H21N3/c1-18(2,3)17-20-15(16(19)21(17)4)14-10-9-12-7-5-6-8-13(12)11-14/h5-11H,19H2,1-4H3. The lowest BCUT2D eigenvalue weighted by molar-refractivity contribution is 0.524. The van der Waals surface area contributed by atoms with Crippen LogP contribution in [0.25, 0.3) is 22.0 Å². The molecule has 2 aromatic carbocycles. The van der Waals surface area contributed by atoms with Crippen LogP contribution in [0.5, 0.6) is 0 Å². The number of benzene rings is 2. The first-order valence-corrected chi connectivity index (χ1v) is 7.20. The van der Waals surface area contributed by atoms with Crippen LogP contribution in [0.1, 0.15) is 26.6 Å². The summed E-state index contributed by atoms with van der Waals surface area (Å²) in [6, 6.07) is 14.7. The van der Waals surface area contributed by atoms with E-state index in [0.29, 0.717) is 0 Å². The van der Waals surface area contributed by atoms with Crippen molar-refractivity contribution in [2.75, 3.05) is 5.73 Å². The molecule has 2 N–H and O–H groups in total. The molecular formula is C18H21N3. The van der Waals surface area contributed by atoms with Crippen molar-refractivity contribution in [1.29, 1.82) is 0 Å². The van der Waals surface area contributed by atoms with Crippen molar-refractivity contribution < 1.29 is 0 Å². The number of nitrogens with two attached hydrogens (primary N) is 1. The summed E-state index contributed by atoms with van der Waals surface area (Å²) in [6.07, 6.45) is 0. The molecule has 1 heterocycles. The molecule has 1 aromatic heterocycles. The van der Waals surface area contributed by atoms with Gasteiger partial charge in [0.1, 0.15) is 17.3 Å². The van der Waals surface area contributed by atoms with Crippen LogP contribution in [0, 0.1) is 0 Å². The molecule has 0 unspecified atom stereocenters. The van der Waals surface area contributed by atoms with Crippen LogP contribution >= 0.6 is 0 Å².